The molecular weight excluding hydrogens is 288 g/mol. The number of methoxy groups -OCH3 is 1. The van der Waals surface area contributed by atoms with E-state index in [1.807, 2.05) is 36.4 Å². The van der Waals surface area contributed by atoms with Gasteiger partial charge in [-0.1, -0.05) is 72.8 Å². The van der Waals surface area contributed by atoms with Crippen LogP contribution >= 0.6 is 0 Å². The molecule has 3 aromatic carbocycles. The second kappa shape index (κ2) is 6.96. The molecule has 0 atom stereocenters. The largest absolute Gasteiger partial charge is 0.530 e. The first-order valence-electron chi connectivity index (χ1n) is 7.17. The van der Waals surface area contributed by atoms with Crippen molar-refractivity contribution in [1.29, 1.82) is 0 Å². The standard InChI is InChI=1S/C19H17O2Si/c1-20-18-14-8-9-15-19(18)21-22(16-10-4-2-5-11-16)17-12-6-3-7-13-17/h2-15H,1H3. The average Bonchev–Trinajstić information content (AvgIpc) is 2.61. The molecule has 1 radical (unpaired) electrons. The van der Waals surface area contributed by atoms with E-state index in [4.69, 9.17) is 9.16 Å². The van der Waals surface area contributed by atoms with Gasteiger partial charge in [-0.2, -0.15) is 0 Å². The molecule has 0 unspecified atom stereocenters. The van der Waals surface area contributed by atoms with Crippen molar-refractivity contribution >= 4 is 19.4 Å². The highest BCUT2D eigenvalue weighted by Gasteiger charge is 2.22. The quantitative estimate of drug-likeness (QED) is 0.675. The maximum Gasteiger partial charge on any atom is 0.352 e. The Bertz CT molecular complexity index is 674. The molecule has 2 nitrogen and oxygen atoms in total. The van der Waals surface area contributed by atoms with Gasteiger partial charge in [0.05, 0.1) is 7.11 Å². The van der Waals surface area contributed by atoms with E-state index in [2.05, 4.69) is 48.5 Å². The van der Waals surface area contributed by atoms with Gasteiger partial charge in [-0.15, -0.1) is 0 Å². The monoisotopic (exact) mass is 305 g/mol. The summed E-state index contributed by atoms with van der Waals surface area (Å²) in [6.45, 7) is 0. The first-order valence-corrected chi connectivity index (χ1v) is 8.58. The van der Waals surface area contributed by atoms with Gasteiger partial charge in [0.2, 0.25) is 0 Å². The normalized spacial score (nSPS) is 10.5. The third-order valence-corrected chi connectivity index (χ3v) is 5.49. The van der Waals surface area contributed by atoms with E-state index in [1.165, 1.54) is 10.4 Å². The average molecular weight is 305 g/mol. The van der Waals surface area contributed by atoms with Crippen molar-refractivity contribution in [2.45, 2.75) is 0 Å². The molecule has 3 heteroatoms. The van der Waals surface area contributed by atoms with Crippen molar-refractivity contribution in [3.8, 4) is 11.5 Å². The number of benzene rings is 3. The Hall–Kier alpha value is -2.52. The molecule has 22 heavy (non-hydrogen) atoms. The van der Waals surface area contributed by atoms with Crippen LogP contribution in [0.15, 0.2) is 84.9 Å². The summed E-state index contributed by atoms with van der Waals surface area (Å²) in [6.07, 6.45) is 0. The molecule has 0 amide bonds. The Labute approximate surface area is 132 Å². The highest BCUT2D eigenvalue weighted by Crippen LogP contribution is 2.26. The van der Waals surface area contributed by atoms with E-state index >= 15 is 0 Å². The predicted octanol–water partition coefficient (Wildman–Crippen LogP) is 2.88. The Morgan fingerprint density at radius 2 is 1.05 bits per heavy atom. The van der Waals surface area contributed by atoms with E-state index < -0.39 is 9.04 Å². The summed E-state index contributed by atoms with van der Waals surface area (Å²) in [5, 5.41) is 2.43. The summed E-state index contributed by atoms with van der Waals surface area (Å²) in [5.74, 6) is 1.54. The molecule has 0 aromatic heterocycles. The van der Waals surface area contributed by atoms with Crippen LogP contribution in [0.1, 0.15) is 0 Å². The molecule has 0 saturated carbocycles. The summed E-state index contributed by atoms with van der Waals surface area (Å²) in [6, 6.07) is 28.5. The van der Waals surface area contributed by atoms with Gasteiger partial charge >= 0.3 is 9.04 Å². The Kier molecular flexibility index (Phi) is 4.56. The molecule has 109 valence electrons. The molecule has 0 aliphatic heterocycles. The van der Waals surface area contributed by atoms with Gasteiger partial charge in [-0.25, -0.2) is 0 Å². The lowest BCUT2D eigenvalue weighted by atomic mass is 10.3. The third-order valence-electron chi connectivity index (χ3n) is 3.35. The zero-order valence-corrected chi connectivity index (χ0v) is 13.4. The van der Waals surface area contributed by atoms with Gasteiger partial charge in [-0.05, 0) is 22.5 Å². The summed E-state index contributed by atoms with van der Waals surface area (Å²) in [5.41, 5.74) is 0. The highest BCUT2D eigenvalue weighted by atomic mass is 28.3. The van der Waals surface area contributed by atoms with Crippen LogP contribution in [0.2, 0.25) is 0 Å². The molecule has 0 aliphatic rings. The Morgan fingerprint density at radius 1 is 0.591 bits per heavy atom. The maximum absolute atomic E-state index is 6.39. The molecule has 3 aromatic rings. The fourth-order valence-corrected chi connectivity index (χ4v) is 4.22. The molecule has 0 saturated heterocycles. The molecule has 0 aliphatic carbocycles. The lowest BCUT2D eigenvalue weighted by Gasteiger charge is -2.19. The Balaban J connectivity index is 1.99. The molecular formula is C19H17O2Si. The van der Waals surface area contributed by atoms with Gasteiger partial charge in [0, 0.05) is 0 Å². The lowest BCUT2D eigenvalue weighted by molar-refractivity contribution is 0.395. The van der Waals surface area contributed by atoms with E-state index in [-0.39, 0.29) is 0 Å². The molecule has 0 spiro atoms. The van der Waals surface area contributed by atoms with Crippen molar-refractivity contribution < 1.29 is 9.16 Å². The van der Waals surface area contributed by atoms with Gasteiger partial charge in [-0.3, -0.25) is 0 Å². The smallest absolute Gasteiger partial charge is 0.352 e. The fraction of sp³-hybridized carbons (Fsp3) is 0.0526. The first-order chi connectivity index (χ1) is 10.9. The lowest BCUT2D eigenvalue weighted by Crippen LogP contribution is -2.47. The van der Waals surface area contributed by atoms with Crippen molar-refractivity contribution in [2.75, 3.05) is 7.11 Å². The summed E-state index contributed by atoms with van der Waals surface area (Å²) < 4.78 is 11.8. The minimum absolute atomic E-state index is 0.761. The van der Waals surface area contributed by atoms with Crippen molar-refractivity contribution in [3.63, 3.8) is 0 Å². The first kappa shape index (κ1) is 14.4. The Morgan fingerprint density at radius 3 is 1.55 bits per heavy atom. The van der Waals surface area contributed by atoms with Crippen LogP contribution in [0.3, 0.4) is 0 Å². The number of ether oxygens (including phenoxy) is 1. The zero-order chi connectivity index (χ0) is 15.2. The second-order valence-electron chi connectivity index (χ2n) is 4.81. The zero-order valence-electron chi connectivity index (χ0n) is 12.4. The second-order valence-corrected chi connectivity index (χ2v) is 6.83. The summed E-state index contributed by atoms with van der Waals surface area (Å²) in [4.78, 5) is 0. The third kappa shape index (κ3) is 3.20. The van der Waals surface area contributed by atoms with E-state index in [1.54, 1.807) is 7.11 Å². The van der Waals surface area contributed by atoms with E-state index in [0.717, 1.165) is 11.5 Å². The minimum Gasteiger partial charge on any atom is -0.530 e. The molecule has 0 fully saturated rings. The van der Waals surface area contributed by atoms with Crippen LogP contribution in [-0.2, 0) is 0 Å². The van der Waals surface area contributed by atoms with Crippen LogP contribution in [-0.4, -0.2) is 16.2 Å². The topological polar surface area (TPSA) is 18.5 Å². The van der Waals surface area contributed by atoms with Crippen LogP contribution in [0.5, 0.6) is 11.5 Å². The molecule has 0 bridgehead atoms. The highest BCUT2D eigenvalue weighted by molar-refractivity contribution is 6.80. The van der Waals surface area contributed by atoms with Gasteiger partial charge in [0.25, 0.3) is 0 Å². The van der Waals surface area contributed by atoms with Gasteiger partial charge in [0.15, 0.2) is 5.75 Å². The van der Waals surface area contributed by atoms with Crippen LogP contribution in [0.25, 0.3) is 0 Å². The van der Waals surface area contributed by atoms with Gasteiger partial charge in [0.1, 0.15) is 5.75 Å². The number of para-hydroxylation sites is 2. The maximum atomic E-state index is 6.39. The van der Waals surface area contributed by atoms with Crippen molar-refractivity contribution in [2.24, 2.45) is 0 Å². The van der Waals surface area contributed by atoms with E-state index in [0.29, 0.717) is 0 Å². The number of rotatable bonds is 5. The van der Waals surface area contributed by atoms with Crippen LogP contribution < -0.4 is 19.5 Å². The minimum atomic E-state index is -1.36. The number of hydrogen-bond acceptors (Lipinski definition) is 2. The van der Waals surface area contributed by atoms with Crippen molar-refractivity contribution in [3.05, 3.63) is 84.9 Å². The number of hydrogen-bond donors (Lipinski definition) is 0. The van der Waals surface area contributed by atoms with Crippen LogP contribution in [0.4, 0.5) is 0 Å². The molecule has 0 N–H and O–H groups in total. The SMILES string of the molecule is COc1ccccc1O[Si](c1ccccc1)c1ccccc1. The van der Waals surface area contributed by atoms with E-state index in [9.17, 15) is 0 Å². The van der Waals surface area contributed by atoms with Gasteiger partial charge < -0.3 is 9.16 Å². The van der Waals surface area contributed by atoms with Crippen LogP contribution in [0, 0.1) is 0 Å². The predicted molar refractivity (Wildman–Crippen MR) is 91.5 cm³/mol. The fourth-order valence-electron chi connectivity index (χ4n) is 2.28. The summed E-state index contributed by atoms with van der Waals surface area (Å²) in [7, 11) is 0.302. The summed E-state index contributed by atoms with van der Waals surface area (Å²) >= 11 is 0. The molecule has 0 heterocycles. The molecule has 3 rings (SSSR count). The van der Waals surface area contributed by atoms with Crippen molar-refractivity contribution in [1.82, 2.24) is 0 Å².